The van der Waals surface area contributed by atoms with Crippen molar-refractivity contribution in [3.05, 3.63) is 77.1 Å². The van der Waals surface area contributed by atoms with Gasteiger partial charge in [0.1, 0.15) is 5.82 Å². The maximum absolute atomic E-state index is 13.0. The highest BCUT2D eigenvalue weighted by molar-refractivity contribution is 5.95. The van der Waals surface area contributed by atoms with Gasteiger partial charge in [-0.05, 0) is 40.8 Å². The summed E-state index contributed by atoms with van der Waals surface area (Å²) in [4.78, 5) is 11.0. The topological polar surface area (TPSA) is 37.3 Å². The third kappa shape index (κ3) is 3.32. The lowest BCUT2D eigenvalue weighted by molar-refractivity contribution is -0.131. The second-order valence-corrected chi connectivity index (χ2v) is 4.45. The molecule has 0 aliphatic heterocycles. The molecule has 102 valence electrons. The molecule has 0 atom stereocenters. The molecular weight excluding hydrogens is 255 g/mol. The van der Waals surface area contributed by atoms with E-state index in [0.717, 1.165) is 18.1 Å². The lowest BCUT2D eigenvalue weighted by atomic mass is 9.96. The largest absolute Gasteiger partial charge is 0.478 e. The molecular formula is C17H15FO2. The zero-order chi connectivity index (χ0) is 14.5. The van der Waals surface area contributed by atoms with Gasteiger partial charge in [-0.3, -0.25) is 0 Å². The van der Waals surface area contributed by atoms with Crippen molar-refractivity contribution in [1.82, 2.24) is 0 Å². The minimum absolute atomic E-state index is 0.343. The Morgan fingerprint density at radius 1 is 1.05 bits per heavy atom. The van der Waals surface area contributed by atoms with Gasteiger partial charge in [0.05, 0.1) is 0 Å². The molecule has 0 fully saturated rings. The van der Waals surface area contributed by atoms with Crippen LogP contribution in [-0.4, -0.2) is 11.1 Å². The van der Waals surface area contributed by atoms with Gasteiger partial charge in [0.25, 0.3) is 0 Å². The molecule has 0 aliphatic rings. The Hall–Kier alpha value is -2.42. The van der Waals surface area contributed by atoms with Crippen molar-refractivity contribution in [1.29, 1.82) is 0 Å². The predicted molar refractivity (Wildman–Crippen MR) is 76.9 cm³/mol. The lowest BCUT2D eigenvalue weighted by Gasteiger charge is -2.08. The van der Waals surface area contributed by atoms with E-state index in [-0.39, 0.29) is 5.82 Å². The maximum atomic E-state index is 13.0. The van der Waals surface area contributed by atoms with Crippen molar-refractivity contribution in [3.8, 4) is 0 Å². The Morgan fingerprint density at radius 3 is 2.00 bits per heavy atom. The number of carboxylic acids is 1. The number of rotatable bonds is 4. The third-order valence-electron chi connectivity index (χ3n) is 3.10. The first-order valence-electron chi connectivity index (χ1n) is 6.40. The summed E-state index contributed by atoms with van der Waals surface area (Å²) in [5.41, 5.74) is 3.23. The van der Waals surface area contributed by atoms with E-state index >= 15 is 0 Å². The van der Waals surface area contributed by atoms with Gasteiger partial charge in [0.15, 0.2) is 0 Å². The van der Waals surface area contributed by atoms with Gasteiger partial charge in [0.2, 0.25) is 0 Å². The highest BCUT2D eigenvalue weighted by Crippen LogP contribution is 2.24. The monoisotopic (exact) mass is 270 g/mol. The molecule has 2 rings (SSSR count). The van der Waals surface area contributed by atoms with Crippen molar-refractivity contribution in [3.63, 3.8) is 0 Å². The number of hydrogen-bond acceptors (Lipinski definition) is 1. The Labute approximate surface area is 117 Å². The quantitative estimate of drug-likeness (QED) is 0.855. The number of benzene rings is 2. The molecule has 2 nitrogen and oxygen atoms in total. The number of aryl methyl sites for hydroxylation is 1. The highest BCUT2D eigenvalue weighted by Gasteiger charge is 2.07. The molecule has 0 aromatic heterocycles. The number of hydrogen-bond donors (Lipinski definition) is 1. The fourth-order valence-electron chi connectivity index (χ4n) is 2.01. The summed E-state index contributed by atoms with van der Waals surface area (Å²) in [6, 6.07) is 13.5. The predicted octanol–water partition coefficient (Wildman–Crippen LogP) is 3.90. The molecule has 0 saturated carbocycles. The van der Waals surface area contributed by atoms with E-state index in [0.29, 0.717) is 11.1 Å². The van der Waals surface area contributed by atoms with Crippen molar-refractivity contribution >= 4 is 11.5 Å². The first-order valence-corrected chi connectivity index (χ1v) is 6.40. The zero-order valence-electron chi connectivity index (χ0n) is 11.1. The molecule has 0 spiro atoms. The van der Waals surface area contributed by atoms with Crippen LogP contribution in [0, 0.1) is 5.82 Å². The Morgan fingerprint density at radius 2 is 1.55 bits per heavy atom. The molecule has 0 saturated heterocycles. The van der Waals surface area contributed by atoms with Crippen LogP contribution in [0.5, 0.6) is 0 Å². The molecule has 0 heterocycles. The molecule has 0 aliphatic carbocycles. The average Bonchev–Trinajstić information content (AvgIpc) is 2.46. The fraction of sp³-hybridized carbons (Fsp3) is 0.118. The molecule has 0 amide bonds. The van der Waals surface area contributed by atoms with Crippen LogP contribution >= 0.6 is 0 Å². The summed E-state index contributed by atoms with van der Waals surface area (Å²) in [6.07, 6.45) is 2.07. The summed E-state index contributed by atoms with van der Waals surface area (Å²) in [7, 11) is 0. The third-order valence-corrected chi connectivity index (χ3v) is 3.10. The number of halogens is 1. The van der Waals surface area contributed by atoms with Gasteiger partial charge in [-0.1, -0.05) is 43.3 Å². The van der Waals surface area contributed by atoms with Crippen molar-refractivity contribution in [2.75, 3.05) is 0 Å². The minimum Gasteiger partial charge on any atom is -0.478 e. The second kappa shape index (κ2) is 6.15. The Balaban J connectivity index is 2.47. The maximum Gasteiger partial charge on any atom is 0.328 e. The second-order valence-electron chi connectivity index (χ2n) is 4.45. The molecule has 3 heteroatoms. The SMILES string of the molecule is CCc1ccc(/C(=C/C(=O)O)c2ccc(F)cc2)cc1. The van der Waals surface area contributed by atoms with Gasteiger partial charge >= 0.3 is 5.97 Å². The molecule has 1 N–H and O–H groups in total. The summed E-state index contributed by atoms with van der Waals surface area (Å²) in [6.45, 7) is 2.06. The van der Waals surface area contributed by atoms with Crippen LogP contribution in [0.25, 0.3) is 5.57 Å². The van der Waals surface area contributed by atoms with E-state index in [9.17, 15) is 9.18 Å². The van der Waals surface area contributed by atoms with E-state index in [4.69, 9.17) is 5.11 Å². The van der Waals surface area contributed by atoms with Gasteiger partial charge < -0.3 is 5.11 Å². The normalized spacial score (nSPS) is 11.4. The van der Waals surface area contributed by atoms with E-state index in [2.05, 4.69) is 6.92 Å². The first kappa shape index (κ1) is 14.0. The Bertz CT molecular complexity index is 625. The minimum atomic E-state index is -1.02. The smallest absolute Gasteiger partial charge is 0.328 e. The van der Waals surface area contributed by atoms with Gasteiger partial charge in [-0.15, -0.1) is 0 Å². The van der Waals surface area contributed by atoms with Crippen molar-refractivity contribution in [2.24, 2.45) is 0 Å². The zero-order valence-corrected chi connectivity index (χ0v) is 11.1. The summed E-state index contributed by atoms with van der Waals surface area (Å²) in [5.74, 6) is -1.37. The molecule has 0 bridgehead atoms. The van der Waals surface area contributed by atoms with E-state index in [1.165, 1.54) is 17.7 Å². The molecule has 2 aromatic carbocycles. The molecule has 20 heavy (non-hydrogen) atoms. The Kier molecular flexibility index (Phi) is 4.31. The molecule has 2 aromatic rings. The van der Waals surface area contributed by atoms with Crippen LogP contribution in [0.1, 0.15) is 23.6 Å². The lowest BCUT2D eigenvalue weighted by Crippen LogP contribution is -1.95. The van der Waals surface area contributed by atoms with Gasteiger partial charge in [0, 0.05) is 6.08 Å². The number of aliphatic carboxylic acids is 1. The standard InChI is InChI=1S/C17H15FO2/c1-2-12-3-5-13(6-4-12)16(11-17(19)20)14-7-9-15(18)10-8-14/h3-11H,2H2,1H3,(H,19,20)/b16-11-. The van der Waals surface area contributed by atoms with Crippen molar-refractivity contribution < 1.29 is 14.3 Å². The van der Waals surface area contributed by atoms with Crippen molar-refractivity contribution in [2.45, 2.75) is 13.3 Å². The van der Waals surface area contributed by atoms with Gasteiger partial charge in [-0.2, -0.15) is 0 Å². The summed E-state index contributed by atoms with van der Waals surface area (Å²) in [5, 5.41) is 9.01. The van der Waals surface area contributed by atoms with Crippen LogP contribution in [0.3, 0.4) is 0 Å². The van der Waals surface area contributed by atoms with Crippen LogP contribution in [0.15, 0.2) is 54.6 Å². The van der Waals surface area contributed by atoms with Crippen LogP contribution in [-0.2, 0) is 11.2 Å². The van der Waals surface area contributed by atoms with E-state index in [1.807, 2.05) is 24.3 Å². The first-order chi connectivity index (χ1) is 9.60. The molecule has 0 unspecified atom stereocenters. The van der Waals surface area contributed by atoms with Crippen LogP contribution < -0.4 is 0 Å². The van der Waals surface area contributed by atoms with E-state index < -0.39 is 5.97 Å². The number of carbonyl (C=O) groups is 1. The number of carboxylic acid groups (broad SMARTS) is 1. The highest BCUT2D eigenvalue weighted by atomic mass is 19.1. The van der Waals surface area contributed by atoms with Crippen LogP contribution in [0.2, 0.25) is 0 Å². The molecule has 0 radical (unpaired) electrons. The van der Waals surface area contributed by atoms with Gasteiger partial charge in [-0.25, -0.2) is 9.18 Å². The average molecular weight is 270 g/mol. The summed E-state index contributed by atoms with van der Waals surface area (Å²) >= 11 is 0. The fourth-order valence-corrected chi connectivity index (χ4v) is 2.01. The van der Waals surface area contributed by atoms with Crippen LogP contribution in [0.4, 0.5) is 4.39 Å². The summed E-state index contributed by atoms with van der Waals surface area (Å²) < 4.78 is 13.0. The van der Waals surface area contributed by atoms with E-state index in [1.54, 1.807) is 12.1 Å².